The fourth-order valence-corrected chi connectivity index (χ4v) is 2.35. The lowest BCUT2D eigenvalue weighted by Crippen LogP contribution is -2.10. The summed E-state index contributed by atoms with van der Waals surface area (Å²) < 4.78 is 1.14. The van der Waals surface area contributed by atoms with Crippen molar-refractivity contribution in [1.29, 1.82) is 0 Å². The Morgan fingerprint density at radius 2 is 2.15 bits per heavy atom. The first-order valence-corrected chi connectivity index (χ1v) is 5.60. The number of halogens is 1. The minimum Gasteiger partial charge on any atom is -0.324 e. The van der Waals surface area contributed by atoms with Crippen molar-refractivity contribution >= 4 is 15.9 Å². The van der Waals surface area contributed by atoms with Gasteiger partial charge in [-0.05, 0) is 42.5 Å². The molecule has 13 heavy (non-hydrogen) atoms. The van der Waals surface area contributed by atoms with Crippen LogP contribution in [0.5, 0.6) is 0 Å². The van der Waals surface area contributed by atoms with Crippen LogP contribution in [0, 0.1) is 0 Å². The summed E-state index contributed by atoms with van der Waals surface area (Å²) in [5, 5.41) is 0. The van der Waals surface area contributed by atoms with Crippen molar-refractivity contribution in [2.75, 3.05) is 0 Å². The lowest BCUT2D eigenvalue weighted by molar-refractivity contribution is 0.615. The Kier molecular flexibility index (Phi) is 2.70. The van der Waals surface area contributed by atoms with Gasteiger partial charge < -0.3 is 5.73 Å². The second kappa shape index (κ2) is 3.81. The van der Waals surface area contributed by atoms with Gasteiger partial charge in [0.25, 0.3) is 0 Å². The normalized spacial score (nSPS) is 22.2. The molecule has 2 rings (SSSR count). The van der Waals surface area contributed by atoms with Crippen LogP contribution < -0.4 is 5.73 Å². The van der Waals surface area contributed by atoms with Crippen LogP contribution in [-0.4, -0.2) is 0 Å². The molecular formula is C11H14BrN. The first kappa shape index (κ1) is 9.22. The summed E-state index contributed by atoms with van der Waals surface area (Å²) >= 11 is 3.49. The highest BCUT2D eigenvalue weighted by atomic mass is 79.9. The largest absolute Gasteiger partial charge is 0.324 e. The molecule has 2 heteroatoms. The van der Waals surface area contributed by atoms with Crippen LogP contribution in [0.1, 0.15) is 36.4 Å². The fourth-order valence-electron chi connectivity index (χ4n) is 1.97. The molecule has 0 saturated heterocycles. The average Bonchev–Trinajstić information content (AvgIpc) is 2.29. The molecule has 1 aliphatic rings. The molecule has 0 aliphatic heterocycles. The highest BCUT2D eigenvalue weighted by Gasteiger charge is 2.14. The topological polar surface area (TPSA) is 26.0 Å². The second-order valence-electron chi connectivity index (χ2n) is 3.70. The van der Waals surface area contributed by atoms with Crippen LogP contribution in [0.25, 0.3) is 0 Å². The molecule has 0 bridgehead atoms. The van der Waals surface area contributed by atoms with E-state index in [1.165, 1.54) is 30.4 Å². The SMILES string of the molecule is N[C@@H]1CCCCc2ccc(Br)cc21. The molecule has 70 valence electrons. The third kappa shape index (κ3) is 1.94. The van der Waals surface area contributed by atoms with Gasteiger partial charge in [0.05, 0.1) is 0 Å². The molecule has 1 aromatic rings. The van der Waals surface area contributed by atoms with E-state index in [-0.39, 0.29) is 6.04 Å². The standard InChI is InChI=1S/C11H14BrN/c12-9-6-5-8-3-1-2-4-11(13)10(8)7-9/h5-7,11H,1-4,13H2/t11-/m1/s1. The highest BCUT2D eigenvalue weighted by Crippen LogP contribution is 2.29. The quantitative estimate of drug-likeness (QED) is 0.692. The molecule has 1 aliphatic carbocycles. The van der Waals surface area contributed by atoms with Crippen LogP contribution in [0.4, 0.5) is 0 Å². The van der Waals surface area contributed by atoms with E-state index in [2.05, 4.69) is 34.1 Å². The monoisotopic (exact) mass is 239 g/mol. The third-order valence-electron chi connectivity index (χ3n) is 2.72. The molecular weight excluding hydrogens is 226 g/mol. The van der Waals surface area contributed by atoms with Gasteiger partial charge in [-0.15, -0.1) is 0 Å². The third-order valence-corrected chi connectivity index (χ3v) is 3.21. The average molecular weight is 240 g/mol. The molecule has 0 aromatic heterocycles. The summed E-state index contributed by atoms with van der Waals surface area (Å²) in [5.74, 6) is 0. The van der Waals surface area contributed by atoms with Gasteiger partial charge in [-0.25, -0.2) is 0 Å². The molecule has 0 amide bonds. The first-order chi connectivity index (χ1) is 6.27. The molecule has 1 atom stereocenters. The van der Waals surface area contributed by atoms with Crippen LogP contribution in [0.2, 0.25) is 0 Å². The lowest BCUT2D eigenvalue weighted by atomic mass is 10.0. The molecule has 0 spiro atoms. The van der Waals surface area contributed by atoms with Crippen molar-refractivity contribution in [3.63, 3.8) is 0 Å². The van der Waals surface area contributed by atoms with E-state index in [1.54, 1.807) is 0 Å². The number of rotatable bonds is 0. The summed E-state index contributed by atoms with van der Waals surface area (Å²) in [6, 6.07) is 6.72. The van der Waals surface area contributed by atoms with E-state index in [0.717, 1.165) is 10.9 Å². The maximum atomic E-state index is 6.09. The van der Waals surface area contributed by atoms with Crippen LogP contribution >= 0.6 is 15.9 Å². The number of aryl methyl sites for hydroxylation is 1. The number of fused-ring (bicyclic) bond motifs is 1. The molecule has 0 unspecified atom stereocenters. The molecule has 0 heterocycles. The van der Waals surface area contributed by atoms with Crippen molar-refractivity contribution in [3.05, 3.63) is 33.8 Å². The maximum Gasteiger partial charge on any atom is 0.0297 e. The molecule has 0 fully saturated rings. The lowest BCUT2D eigenvalue weighted by Gasteiger charge is -2.12. The van der Waals surface area contributed by atoms with E-state index < -0.39 is 0 Å². The highest BCUT2D eigenvalue weighted by molar-refractivity contribution is 9.10. The van der Waals surface area contributed by atoms with E-state index >= 15 is 0 Å². The Morgan fingerprint density at radius 3 is 3.00 bits per heavy atom. The van der Waals surface area contributed by atoms with Gasteiger partial charge in [0.1, 0.15) is 0 Å². The Morgan fingerprint density at radius 1 is 1.31 bits per heavy atom. The number of nitrogens with two attached hydrogens (primary N) is 1. The van der Waals surface area contributed by atoms with E-state index in [1.807, 2.05) is 0 Å². The predicted octanol–water partition coefficient (Wildman–Crippen LogP) is 3.18. The van der Waals surface area contributed by atoms with Gasteiger partial charge in [-0.3, -0.25) is 0 Å². The van der Waals surface area contributed by atoms with Crippen molar-refractivity contribution in [2.24, 2.45) is 5.73 Å². The van der Waals surface area contributed by atoms with Crippen molar-refractivity contribution < 1.29 is 0 Å². The summed E-state index contributed by atoms with van der Waals surface area (Å²) in [7, 11) is 0. The van der Waals surface area contributed by atoms with Crippen LogP contribution in [0.15, 0.2) is 22.7 Å². The van der Waals surface area contributed by atoms with Crippen molar-refractivity contribution in [3.8, 4) is 0 Å². The summed E-state index contributed by atoms with van der Waals surface area (Å²) in [5.41, 5.74) is 8.87. The summed E-state index contributed by atoms with van der Waals surface area (Å²) in [6.45, 7) is 0. The van der Waals surface area contributed by atoms with Gasteiger partial charge in [0.15, 0.2) is 0 Å². The Labute approximate surface area is 87.5 Å². The molecule has 0 radical (unpaired) electrons. The zero-order valence-electron chi connectivity index (χ0n) is 7.59. The number of benzene rings is 1. The van der Waals surface area contributed by atoms with Gasteiger partial charge >= 0.3 is 0 Å². The minimum atomic E-state index is 0.245. The molecule has 1 aromatic carbocycles. The molecule has 1 nitrogen and oxygen atoms in total. The Hall–Kier alpha value is -0.340. The van der Waals surface area contributed by atoms with E-state index in [9.17, 15) is 0 Å². The zero-order chi connectivity index (χ0) is 9.26. The van der Waals surface area contributed by atoms with E-state index in [0.29, 0.717) is 0 Å². The number of hydrogen-bond acceptors (Lipinski definition) is 1. The van der Waals surface area contributed by atoms with Crippen molar-refractivity contribution in [1.82, 2.24) is 0 Å². The van der Waals surface area contributed by atoms with E-state index in [4.69, 9.17) is 5.73 Å². The minimum absolute atomic E-state index is 0.245. The van der Waals surface area contributed by atoms with Gasteiger partial charge in [0, 0.05) is 10.5 Å². The van der Waals surface area contributed by atoms with Crippen LogP contribution in [0.3, 0.4) is 0 Å². The smallest absolute Gasteiger partial charge is 0.0297 e. The number of hydrogen-bond donors (Lipinski definition) is 1. The molecule has 0 saturated carbocycles. The summed E-state index contributed by atoms with van der Waals surface area (Å²) in [4.78, 5) is 0. The summed E-state index contributed by atoms with van der Waals surface area (Å²) in [6.07, 6.45) is 4.86. The predicted molar refractivity (Wildman–Crippen MR) is 58.6 cm³/mol. The maximum absolute atomic E-state index is 6.09. The zero-order valence-corrected chi connectivity index (χ0v) is 9.18. The Balaban J connectivity index is 2.43. The molecule has 2 N–H and O–H groups in total. The Bertz CT molecular complexity index is 309. The van der Waals surface area contributed by atoms with Gasteiger partial charge in [0.2, 0.25) is 0 Å². The van der Waals surface area contributed by atoms with Gasteiger partial charge in [-0.1, -0.05) is 28.4 Å². The van der Waals surface area contributed by atoms with Gasteiger partial charge in [-0.2, -0.15) is 0 Å². The first-order valence-electron chi connectivity index (χ1n) is 4.81. The van der Waals surface area contributed by atoms with Crippen LogP contribution in [-0.2, 0) is 6.42 Å². The fraction of sp³-hybridized carbons (Fsp3) is 0.455. The second-order valence-corrected chi connectivity index (χ2v) is 4.61. The van der Waals surface area contributed by atoms with Crippen molar-refractivity contribution in [2.45, 2.75) is 31.7 Å².